The fraction of sp³-hybridized carbons (Fsp3) is 0.389. The van der Waals surface area contributed by atoms with E-state index in [9.17, 15) is 18.0 Å². The predicted octanol–water partition coefficient (Wildman–Crippen LogP) is 1.24. The second kappa shape index (κ2) is 8.70. The predicted molar refractivity (Wildman–Crippen MR) is 117 cm³/mol. The molecule has 0 radical (unpaired) electrons. The minimum absolute atomic E-state index is 0.0525. The number of nitrogens with one attached hydrogen (secondary N) is 2. The lowest BCUT2D eigenvalue weighted by molar-refractivity contribution is 0.0991. The van der Waals surface area contributed by atoms with E-state index in [0.717, 1.165) is 17.0 Å². The lowest BCUT2D eigenvalue weighted by atomic mass is 10.1. The Hall–Kier alpha value is -3.26. The number of carbonyl (C=O) groups is 1. The van der Waals surface area contributed by atoms with E-state index < -0.39 is 21.4 Å². The average molecular weight is 481 g/mol. The van der Waals surface area contributed by atoms with Gasteiger partial charge >= 0.3 is 5.63 Å². The molecule has 0 unspecified atom stereocenters. The van der Waals surface area contributed by atoms with Crippen molar-refractivity contribution < 1.29 is 22.4 Å². The number of sulfone groups is 1. The molecule has 0 bridgehead atoms. The van der Waals surface area contributed by atoms with Crippen molar-refractivity contribution in [2.75, 3.05) is 29.2 Å². The maximum Gasteiger partial charge on any atom is 0.381 e. The molecule has 14 heteroatoms. The highest BCUT2D eigenvalue weighted by atomic mass is 32.2. The molecule has 1 fully saturated rings. The van der Waals surface area contributed by atoms with E-state index in [0.29, 0.717) is 18.0 Å². The molecule has 0 atom stereocenters. The van der Waals surface area contributed by atoms with Crippen LogP contribution in [-0.4, -0.2) is 59.0 Å². The van der Waals surface area contributed by atoms with Gasteiger partial charge < -0.3 is 14.5 Å². The molecule has 1 amide bonds. The summed E-state index contributed by atoms with van der Waals surface area (Å²) in [5.41, 5.74) is 0.269. The van der Waals surface area contributed by atoms with Crippen LogP contribution in [0.3, 0.4) is 0 Å². The van der Waals surface area contributed by atoms with E-state index >= 15 is 0 Å². The summed E-state index contributed by atoms with van der Waals surface area (Å²) in [5, 5.41) is 18.4. The summed E-state index contributed by atoms with van der Waals surface area (Å²) in [6, 6.07) is 2.97. The Kier molecular flexibility index (Phi) is 5.97. The van der Waals surface area contributed by atoms with E-state index in [4.69, 9.17) is 9.15 Å². The van der Waals surface area contributed by atoms with Gasteiger partial charge in [-0.25, -0.2) is 17.9 Å². The minimum Gasteiger partial charge on any atom is -0.488 e. The van der Waals surface area contributed by atoms with Crippen LogP contribution in [0, 0.1) is 6.92 Å². The number of hydrogen-bond acceptors (Lipinski definition) is 11. The number of nitrogens with zero attached hydrogens (tertiary/aromatic N) is 4. The molecule has 12 nitrogen and oxygen atoms in total. The van der Waals surface area contributed by atoms with Gasteiger partial charge in [0.25, 0.3) is 5.91 Å². The summed E-state index contributed by atoms with van der Waals surface area (Å²) < 4.78 is 35.1. The van der Waals surface area contributed by atoms with Gasteiger partial charge in [-0.05, 0) is 25.8 Å². The molecule has 3 aromatic heterocycles. The molecule has 0 aliphatic carbocycles. The smallest absolute Gasteiger partial charge is 0.381 e. The van der Waals surface area contributed by atoms with E-state index in [-0.39, 0.29) is 39.9 Å². The highest BCUT2D eigenvalue weighted by Crippen LogP contribution is 2.26. The summed E-state index contributed by atoms with van der Waals surface area (Å²) >= 11 is 1.10. The van der Waals surface area contributed by atoms with Crippen LogP contribution in [0.4, 0.5) is 10.8 Å². The Morgan fingerprint density at radius 1 is 1.31 bits per heavy atom. The molecule has 2 N–H and O–H groups in total. The second-order valence-corrected chi connectivity index (χ2v) is 10.4. The normalized spacial score (nSPS) is 15.9. The molecule has 170 valence electrons. The molecule has 1 saturated heterocycles. The maximum absolute atomic E-state index is 12.7. The van der Waals surface area contributed by atoms with Crippen LogP contribution in [0.15, 0.2) is 27.5 Å². The van der Waals surface area contributed by atoms with Gasteiger partial charge in [0.1, 0.15) is 9.84 Å². The fourth-order valence-electron chi connectivity index (χ4n) is 3.23. The average Bonchev–Trinajstić information content (AvgIpc) is 3.38. The number of aromatic nitrogens is 4. The number of amides is 1. The molecular weight excluding hydrogens is 460 g/mol. The standard InChI is InChI=1S/C18H20N6O6S2/c1-10-3-6-19-24(10)18-23-22-17(31-18)21-15(25)13-9-12(14(29-2)16(26)30-13)20-11-4-7-32(27,28)8-5-11/h3,6,9,11,20H,4-5,7-8H2,1-2H3,(H,21,22,25). The monoisotopic (exact) mass is 480 g/mol. The highest BCUT2D eigenvalue weighted by Gasteiger charge is 2.26. The highest BCUT2D eigenvalue weighted by molar-refractivity contribution is 7.91. The van der Waals surface area contributed by atoms with Crippen molar-refractivity contribution in [2.45, 2.75) is 25.8 Å². The van der Waals surface area contributed by atoms with Gasteiger partial charge in [0.15, 0.2) is 5.76 Å². The molecule has 0 aromatic carbocycles. The molecule has 32 heavy (non-hydrogen) atoms. The van der Waals surface area contributed by atoms with Crippen LogP contribution in [0.1, 0.15) is 29.1 Å². The van der Waals surface area contributed by atoms with Crippen LogP contribution >= 0.6 is 11.3 Å². The first-order valence-electron chi connectivity index (χ1n) is 9.60. The summed E-state index contributed by atoms with van der Waals surface area (Å²) in [5.74, 6) is -0.941. The van der Waals surface area contributed by atoms with Gasteiger partial charge in [0, 0.05) is 24.0 Å². The zero-order chi connectivity index (χ0) is 22.9. The molecule has 4 heterocycles. The third-order valence-corrected chi connectivity index (χ3v) is 7.43. The van der Waals surface area contributed by atoms with E-state index in [1.54, 1.807) is 10.9 Å². The van der Waals surface area contributed by atoms with Crippen LogP contribution in [-0.2, 0) is 9.84 Å². The quantitative estimate of drug-likeness (QED) is 0.525. The zero-order valence-electron chi connectivity index (χ0n) is 17.2. The third kappa shape index (κ3) is 4.65. The van der Waals surface area contributed by atoms with Crippen molar-refractivity contribution >= 4 is 37.9 Å². The number of aryl methyl sites for hydroxylation is 1. The largest absolute Gasteiger partial charge is 0.488 e. The summed E-state index contributed by atoms with van der Waals surface area (Å²) in [7, 11) is -1.73. The summed E-state index contributed by atoms with van der Waals surface area (Å²) in [6.45, 7) is 1.86. The van der Waals surface area contributed by atoms with E-state index in [2.05, 4.69) is 25.9 Å². The number of anilines is 2. The van der Waals surface area contributed by atoms with Crippen molar-refractivity contribution in [2.24, 2.45) is 0 Å². The van der Waals surface area contributed by atoms with Crippen LogP contribution in [0.5, 0.6) is 5.75 Å². The van der Waals surface area contributed by atoms with E-state index in [1.807, 2.05) is 13.0 Å². The fourth-order valence-corrected chi connectivity index (χ4v) is 5.48. The second-order valence-electron chi connectivity index (χ2n) is 7.14. The lowest BCUT2D eigenvalue weighted by Gasteiger charge is -2.24. The van der Waals surface area contributed by atoms with Gasteiger partial charge in [-0.3, -0.25) is 10.1 Å². The van der Waals surface area contributed by atoms with Gasteiger partial charge in [-0.1, -0.05) is 11.3 Å². The number of methoxy groups -OCH3 is 1. The van der Waals surface area contributed by atoms with Crippen LogP contribution < -0.4 is 21.0 Å². The molecular formula is C18H20N6O6S2. The molecule has 3 aromatic rings. The molecule has 0 saturated carbocycles. The first-order chi connectivity index (χ1) is 15.3. The van der Waals surface area contributed by atoms with Crippen molar-refractivity contribution in [1.29, 1.82) is 0 Å². The molecule has 0 spiro atoms. The maximum atomic E-state index is 12.7. The van der Waals surface area contributed by atoms with Crippen LogP contribution in [0.25, 0.3) is 5.13 Å². The molecule has 1 aliphatic heterocycles. The summed E-state index contributed by atoms with van der Waals surface area (Å²) in [4.78, 5) is 25.0. The minimum atomic E-state index is -3.04. The first-order valence-corrected chi connectivity index (χ1v) is 12.2. The van der Waals surface area contributed by atoms with Crippen molar-refractivity contribution in [3.63, 3.8) is 0 Å². The van der Waals surface area contributed by atoms with Gasteiger partial charge in [0.2, 0.25) is 16.0 Å². The molecule has 1 aliphatic rings. The zero-order valence-corrected chi connectivity index (χ0v) is 18.8. The Balaban J connectivity index is 1.53. The number of rotatable bonds is 6. The molecule has 4 rings (SSSR count). The van der Waals surface area contributed by atoms with Crippen molar-refractivity contribution in [3.8, 4) is 10.9 Å². The number of ether oxygens (including phenoxy) is 1. The van der Waals surface area contributed by atoms with Gasteiger partial charge in [-0.15, -0.1) is 10.2 Å². The SMILES string of the molecule is COc1c(NC2CCS(=O)(=O)CC2)cc(C(=O)Nc2nnc(-n3nccc3C)s2)oc1=O. The Labute approximate surface area is 186 Å². The lowest BCUT2D eigenvalue weighted by Crippen LogP contribution is -2.32. The Morgan fingerprint density at radius 2 is 2.06 bits per heavy atom. The number of carbonyl (C=O) groups excluding carboxylic acids is 1. The topological polar surface area (TPSA) is 158 Å². The summed E-state index contributed by atoms with van der Waals surface area (Å²) in [6.07, 6.45) is 2.39. The van der Waals surface area contributed by atoms with Gasteiger partial charge in [0.05, 0.1) is 24.3 Å². The third-order valence-electron chi connectivity index (χ3n) is 4.90. The first kappa shape index (κ1) is 22.0. The Bertz CT molecular complexity index is 1300. The van der Waals surface area contributed by atoms with E-state index in [1.165, 1.54) is 13.2 Å². The van der Waals surface area contributed by atoms with Crippen molar-refractivity contribution in [3.05, 3.63) is 40.2 Å². The van der Waals surface area contributed by atoms with Crippen LogP contribution in [0.2, 0.25) is 0 Å². The number of hydrogen-bond donors (Lipinski definition) is 2. The van der Waals surface area contributed by atoms with Gasteiger partial charge in [-0.2, -0.15) is 5.10 Å². The Morgan fingerprint density at radius 3 is 2.72 bits per heavy atom. The van der Waals surface area contributed by atoms with Crippen molar-refractivity contribution in [1.82, 2.24) is 20.0 Å².